The Morgan fingerprint density at radius 3 is 2.50 bits per heavy atom. The molecule has 1 aromatic rings. The molecule has 0 aliphatic heterocycles. The van der Waals surface area contributed by atoms with E-state index in [1.54, 1.807) is 13.0 Å². The highest BCUT2D eigenvalue weighted by atomic mass is 19.1. The Morgan fingerprint density at radius 1 is 1.06 bits per heavy atom. The highest BCUT2D eigenvalue weighted by molar-refractivity contribution is 5.36. The zero-order valence-corrected chi connectivity index (χ0v) is 10.5. The van der Waals surface area contributed by atoms with Crippen LogP contribution in [0.3, 0.4) is 0 Å². The summed E-state index contributed by atoms with van der Waals surface area (Å²) < 4.78 is 18.8. The summed E-state index contributed by atoms with van der Waals surface area (Å²) in [5.74, 6) is 0.659. The zero-order chi connectivity index (χ0) is 12.0. The Hall–Kier alpha value is -1.05. The summed E-state index contributed by atoms with van der Waals surface area (Å²) in [6.45, 7) is 6.56. The largest absolute Gasteiger partial charge is 0.493 e. The van der Waals surface area contributed by atoms with Crippen LogP contribution >= 0.6 is 0 Å². The molecule has 16 heavy (non-hydrogen) atoms. The van der Waals surface area contributed by atoms with Crippen LogP contribution in [0.4, 0.5) is 4.39 Å². The van der Waals surface area contributed by atoms with Gasteiger partial charge in [0.2, 0.25) is 0 Å². The Balaban J connectivity index is 2.45. The van der Waals surface area contributed by atoms with Crippen LogP contribution in [0, 0.1) is 19.7 Å². The first-order valence-electron chi connectivity index (χ1n) is 6.04. The molecule has 90 valence electrons. The summed E-state index contributed by atoms with van der Waals surface area (Å²) in [6.07, 6.45) is 4.76. The SMILES string of the molecule is CCCCCCOc1cc(C)c(F)cc1C. The van der Waals surface area contributed by atoms with Gasteiger partial charge in [-0.05, 0) is 43.5 Å². The maximum atomic E-state index is 13.2. The van der Waals surface area contributed by atoms with Gasteiger partial charge in [-0.3, -0.25) is 0 Å². The molecule has 0 bridgehead atoms. The van der Waals surface area contributed by atoms with Crippen molar-refractivity contribution in [3.05, 3.63) is 29.1 Å². The summed E-state index contributed by atoms with van der Waals surface area (Å²) in [7, 11) is 0. The topological polar surface area (TPSA) is 9.23 Å². The van der Waals surface area contributed by atoms with Gasteiger partial charge in [0.05, 0.1) is 6.61 Å². The zero-order valence-electron chi connectivity index (χ0n) is 10.5. The molecule has 0 amide bonds. The van der Waals surface area contributed by atoms with Crippen LogP contribution in [0.2, 0.25) is 0 Å². The Kier molecular flexibility index (Phi) is 5.30. The first-order valence-corrected chi connectivity index (χ1v) is 6.04. The average Bonchev–Trinajstić information content (AvgIpc) is 2.25. The fourth-order valence-corrected chi connectivity index (χ4v) is 1.62. The van der Waals surface area contributed by atoms with E-state index in [-0.39, 0.29) is 5.82 Å². The molecule has 0 aliphatic carbocycles. The second-order valence-electron chi connectivity index (χ2n) is 4.28. The van der Waals surface area contributed by atoms with Crippen LogP contribution in [-0.2, 0) is 0 Å². The van der Waals surface area contributed by atoms with E-state index in [2.05, 4.69) is 6.92 Å². The van der Waals surface area contributed by atoms with Crippen LogP contribution in [0.25, 0.3) is 0 Å². The van der Waals surface area contributed by atoms with Crippen molar-refractivity contribution in [3.63, 3.8) is 0 Å². The van der Waals surface area contributed by atoms with Crippen LogP contribution in [0.15, 0.2) is 12.1 Å². The maximum Gasteiger partial charge on any atom is 0.126 e. The number of ether oxygens (including phenoxy) is 1. The molecule has 2 heteroatoms. The number of hydrogen-bond donors (Lipinski definition) is 0. The lowest BCUT2D eigenvalue weighted by molar-refractivity contribution is 0.302. The maximum absolute atomic E-state index is 13.2. The van der Waals surface area contributed by atoms with Crippen molar-refractivity contribution in [1.29, 1.82) is 0 Å². The third kappa shape index (κ3) is 3.84. The van der Waals surface area contributed by atoms with Crippen LogP contribution in [0.1, 0.15) is 43.7 Å². The van der Waals surface area contributed by atoms with Gasteiger partial charge in [-0.2, -0.15) is 0 Å². The minimum atomic E-state index is -0.157. The molecular formula is C14H21FO. The van der Waals surface area contributed by atoms with Gasteiger partial charge in [0.15, 0.2) is 0 Å². The minimum absolute atomic E-state index is 0.157. The predicted octanol–water partition coefficient (Wildman–Crippen LogP) is 4.40. The fraction of sp³-hybridized carbons (Fsp3) is 0.571. The Labute approximate surface area is 97.6 Å². The summed E-state index contributed by atoms with van der Waals surface area (Å²) in [5, 5.41) is 0. The molecule has 0 fully saturated rings. The highest BCUT2D eigenvalue weighted by Crippen LogP contribution is 2.22. The lowest BCUT2D eigenvalue weighted by Gasteiger charge is -2.10. The molecule has 0 saturated heterocycles. The standard InChI is InChI=1S/C14H21FO/c1-4-5-6-7-8-16-14-10-11(2)13(15)9-12(14)3/h9-10H,4-8H2,1-3H3. The predicted molar refractivity (Wildman–Crippen MR) is 65.5 cm³/mol. The van der Waals surface area contributed by atoms with Crippen molar-refractivity contribution in [2.75, 3.05) is 6.61 Å². The van der Waals surface area contributed by atoms with E-state index in [0.29, 0.717) is 5.56 Å². The van der Waals surface area contributed by atoms with Gasteiger partial charge < -0.3 is 4.74 Å². The first-order chi connectivity index (χ1) is 7.65. The van der Waals surface area contributed by atoms with E-state index in [4.69, 9.17) is 4.74 Å². The van der Waals surface area contributed by atoms with Crippen molar-refractivity contribution >= 4 is 0 Å². The summed E-state index contributed by atoms with van der Waals surface area (Å²) in [4.78, 5) is 0. The van der Waals surface area contributed by atoms with Crippen molar-refractivity contribution in [2.45, 2.75) is 46.5 Å². The fourth-order valence-electron chi connectivity index (χ4n) is 1.62. The van der Waals surface area contributed by atoms with E-state index in [9.17, 15) is 4.39 Å². The van der Waals surface area contributed by atoms with E-state index >= 15 is 0 Å². The minimum Gasteiger partial charge on any atom is -0.493 e. The van der Waals surface area contributed by atoms with Crippen molar-refractivity contribution in [3.8, 4) is 5.75 Å². The van der Waals surface area contributed by atoms with Gasteiger partial charge in [0.25, 0.3) is 0 Å². The summed E-state index contributed by atoms with van der Waals surface area (Å²) in [6, 6.07) is 3.32. The van der Waals surface area contributed by atoms with Gasteiger partial charge in [0, 0.05) is 0 Å². The Morgan fingerprint density at radius 2 is 1.81 bits per heavy atom. The summed E-state index contributed by atoms with van der Waals surface area (Å²) >= 11 is 0. The summed E-state index contributed by atoms with van der Waals surface area (Å²) in [5.41, 5.74) is 1.52. The van der Waals surface area contributed by atoms with E-state index < -0.39 is 0 Å². The smallest absolute Gasteiger partial charge is 0.126 e. The second kappa shape index (κ2) is 6.51. The molecule has 0 aromatic heterocycles. The lowest BCUT2D eigenvalue weighted by Crippen LogP contribution is -2.00. The molecular weight excluding hydrogens is 203 g/mol. The van der Waals surface area contributed by atoms with Gasteiger partial charge in [-0.25, -0.2) is 4.39 Å². The molecule has 0 N–H and O–H groups in total. The molecule has 0 atom stereocenters. The number of rotatable bonds is 6. The molecule has 0 spiro atoms. The first kappa shape index (κ1) is 13.0. The monoisotopic (exact) mass is 224 g/mol. The lowest BCUT2D eigenvalue weighted by atomic mass is 10.1. The van der Waals surface area contributed by atoms with E-state index in [0.717, 1.165) is 24.3 Å². The van der Waals surface area contributed by atoms with E-state index in [1.165, 1.54) is 25.3 Å². The van der Waals surface area contributed by atoms with Crippen LogP contribution in [-0.4, -0.2) is 6.61 Å². The van der Waals surface area contributed by atoms with Crippen molar-refractivity contribution < 1.29 is 9.13 Å². The molecule has 0 aliphatic rings. The third-order valence-electron chi connectivity index (χ3n) is 2.71. The average molecular weight is 224 g/mol. The second-order valence-corrected chi connectivity index (χ2v) is 4.28. The Bertz CT molecular complexity index is 334. The van der Waals surface area contributed by atoms with Gasteiger partial charge in [0.1, 0.15) is 11.6 Å². The number of unbranched alkanes of at least 4 members (excludes halogenated alkanes) is 3. The molecule has 0 unspecified atom stereocenters. The number of halogens is 1. The molecule has 1 aromatic carbocycles. The third-order valence-corrected chi connectivity index (χ3v) is 2.71. The van der Waals surface area contributed by atoms with Crippen LogP contribution in [0.5, 0.6) is 5.75 Å². The highest BCUT2D eigenvalue weighted by Gasteiger charge is 2.04. The normalized spacial score (nSPS) is 10.5. The molecule has 1 nitrogen and oxygen atoms in total. The van der Waals surface area contributed by atoms with E-state index in [1.807, 2.05) is 6.92 Å². The molecule has 0 heterocycles. The number of hydrogen-bond acceptors (Lipinski definition) is 1. The van der Waals surface area contributed by atoms with Gasteiger partial charge >= 0.3 is 0 Å². The quantitative estimate of drug-likeness (QED) is 0.651. The van der Waals surface area contributed by atoms with Gasteiger partial charge in [-0.1, -0.05) is 26.2 Å². The number of benzene rings is 1. The van der Waals surface area contributed by atoms with Crippen molar-refractivity contribution in [1.82, 2.24) is 0 Å². The van der Waals surface area contributed by atoms with Crippen LogP contribution < -0.4 is 4.74 Å². The van der Waals surface area contributed by atoms with Gasteiger partial charge in [-0.15, -0.1) is 0 Å². The van der Waals surface area contributed by atoms with Crippen molar-refractivity contribution in [2.24, 2.45) is 0 Å². The molecule has 0 radical (unpaired) electrons. The molecule has 0 saturated carbocycles. The number of aryl methyl sites for hydroxylation is 2. The molecule has 1 rings (SSSR count).